The van der Waals surface area contributed by atoms with Gasteiger partial charge in [0, 0.05) is 37.1 Å². The van der Waals surface area contributed by atoms with Gasteiger partial charge in [0.1, 0.15) is 17.7 Å². The number of anilines is 1. The van der Waals surface area contributed by atoms with Crippen LogP contribution in [0.4, 0.5) is 5.69 Å². The average Bonchev–Trinajstić information content (AvgIpc) is 2.79. The van der Waals surface area contributed by atoms with Crippen LogP contribution in [0, 0.1) is 22.7 Å². The summed E-state index contributed by atoms with van der Waals surface area (Å²) in [6.45, 7) is 12.7. The van der Waals surface area contributed by atoms with E-state index in [1.165, 1.54) is 16.9 Å². The minimum Gasteiger partial charge on any atom is -0.372 e. The molecule has 0 bridgehead atoms. The lowest BCUT2D eigenvalue weighted by Crippen LogP contribution is -2.28. The van der Waals surface area contributed by atoms with Crippen molar-refractivity contribution < 1.29 is 0 Å². The van der Waals surface area contributed by atoms with E-state index >= 15 is 0 Å². The monoisotopic (exact) mass is 400 g/mol. The van der Waals surface area contributed by atoms with Gasteiger partial charge in [-0.3, -0.25) is 0 Å². The van der Waals surface area contributed by atoms with Crippen molar-refractivity contribution in [2.75, 3.05) is 31.1 Å². The van der Waals surface area contributed by atoms with Gasteiger partial charge in [0.2, 0.25) is 0 Å². The molecule has 0 amide bonds. The standard InChI is InChI=1S/C26H32N4/c1-5-17-30(18-6-2)25-15-13-23(14-16-25)26(29(7-3)8-4)22-11-9-21(10-12-22)24(19-27)20-28/h9-16H,5-8,17-18H2,1-4H3. The first-order valence-electron chi connectivity index (χ1n) is 10.9. The van der Waals surface area contributed by atoms with E-state index in [-0.39, 0.29) is 5.57 Å². The lowest BCUT2D eigenvalue weighted by atomic mass is 10.1. The van der Waals surface area contributed by atoms with Crippen molar-refractivity contribution in [3.05, 3.63) is 64.5 Å². The van der Waals surface area contributed by atoms with Crippen molar-refractivity contribution in [3.8, 4) is 12.1 Å². The Labute approximate surface area is 181 Å². The van der Waals surface area contributed by atoms with Gasteiger partial charge in [-0.2, -0.15) is 10.5 Å². The van der Waals surface area contributed by atoms with Crippen LogP contribution in [0.2, 0.25) is 0 Å². The molecule has 0 aromatic heterocycles. The molecule has 0 radical (unpaired) electrons. The van der Waals surface area contributed by atoms with E-state index in [0.29, 0.717) is 5.22 Å². The summed E-state index contributed by atoms with van der Waals surface area (Å²) >= 11 is 0. The summed E-state index contributed by atoms with van der Waals surface area (Å²) in [5.74, 6) is 0. The predicted molar refractivity (Wildman–Crippen MR) is 125 cm³/mol. The third kappa shape index (κ3) is 5.43. The second-order valence-corrected chi connectivity index (χ2v) is 7.23. The Kier molecular flexibility index (Phi) is 8.98. The van der Waals surface area contributed by atoms with Crippen molar-refractivity contribution in [2.24, 2.45) is 0 Å². The molecule has 0 spiro atoms. The lowest BCUT2D eigenvalue weighted by molar-refractivity contribution is 0.439. The van der Waals surface area contributed by atoms with Gasteiger partial charge in [-0.1, -0.05) is 50.2 Å². The number of hydrogen-bond acceptors (Lipinski definition) is 4. The Morgan fingerprint density at radius 3 is 1.67 bits per heavy atom. The highest BCUT2D eigenvalue weighted by Crippen LogP contribution is 2.21. The molecule has 30 heavy (non-hydrogen) atoms. The van der Waals surface area contributed by atoms with E-state index < -0.39 is 0 Å². The summed E-state index contributed by atoms with van der Waals surface area (Å²) in [5.41, 5.74) is 3.75. The molecule has 156 valence electrons. The fraction of sp³-hybridized carbons (Fsp3) is 0.385. The second-order valence-electron chi connectivity index (χ2n) is 7.23. The molecule has 0 saturated carbocycles. The summed E-state index contributed by atoms with van der Waals surface area (Å²) < 4.78 is 0. The molecule has 0 unspecified atom stereocenters. The summed E-state index contributed by atoms with van der Waals surface area (Å²) in [4.78, 5) is 4.79. The molecule has 4 heteroatoms. The molecule has 4 nitrogen and oxygen atoms in total. The van der Waals surface area contributed by atoms with Gasteiger partial charge in [0.15, 0.2) is 0 Å². The minimum atomic E-state index is 0.141. The van der Waals surface area contributed by atoms with Crippen LogP contribution in [0.3, 0.4) is 0 Å². The van der Waals surface area contributed by atoms with E-state index in [9.17, 15) is 0 Å². The molecule has 0 atom stereocenters. The van der Waals surface area contributed by atoms with Crippen LogP contribution in [0.25, 0.3) is 11.3 Å². The van der Waals surface area contributed by atoms with E-state index in [2.05, 4.69) is 61.8 Å². The van der Waals surface area contributed by atoms with Gasteiger partial charge in [0.05, 0.1) is 5.70 Å². The Balaban J connectivity index is 2.59. The van der Waals surface area contributed by atoms with E-state index in [1.54, 1.807) is 0 Å². The fourth-order valence-corrected chi connectivity index (χ4v) is 3.76. The quantitative estimate of drug-likeness (QED) is 0.638. The third-order valence-electron chi connectivity index (χ3n) is 5.24. The molecular weight excluding hydrogens is 368 g/mol. The Morgan fingerprint density at radius 2 is 1.23 bits per heavy atom. The highest BCUT2D eigenvalue weighted by Gasteiger charge is 2.11. The molecule has 2 aromatic carbocycles. The largest absolute Gasteiger partial charge is 0.372 e. The smallest absolute Gasteiger partial charge is 0.136 e. The van der Waals surface area contributed by atoms with Crippen molar-refractivity contribution in [1.29, 1.82) is 10.5 Å². The van der Waals surface area contributed by atoms with E-state index in [4.69, 9.17) is 10.5 Å². The van der Waals surface area contributed by atoms with Crippen molar-refractivity contribution in [3.63, 3.8) is 0 Å². The van der Waals surface area contributed by atoms with Crippen LogP contribution in [0.1, 0.15) is 46.1 Å². The van der Waals surface area contributed by atoms with Crippen LogP contribution in [0.15, 0.2) is 48.5 Å². The number of nitrogens with zero attached hydrogens (tertiary/aromatic N) is 4. The molecule has 0 aliphatic heterocycles. The zero-order chi connectivity index (χ0) is 21.9. The van der Waals surface area contributed by atoms with Gasteiger partial charge in [-0.25, -0.2) is 0 Å². The lowest BCUT2D eigenvalue weighted by Gasteiger charge is -2.27. The number of benzene rings is 2. The van der Waals surface area contributed by atoms with Crippen LogP contribution in [-0.2, 0) is 0 Å². The van der Waals surface area contributed by atoms with Gasteiger partial charge in [0.25, 0.3) is 0 Å². The first kappa shape index (κ1) is 23.0. The van der Waals surface area contributed by atoms with E-state index in [1.807, 2.05) is 36.4 Å². The maximum atomic E-state index is 9.12. The zero-order valence-electron chi connectivity index (χ0n) is 18.7. The molecule has 0 heterocycles. The molecule has 0 aliphatic rings. The molecular formula is C26H32N4. The van der Waals surface area contributed by atoms with E-state index in [0.717, 1.165) is 44.2 Å². The zero-order valence-corrected chi connectivity index (χ0v) is 18.7. The van der Waals surface area contributed by atoms with Gasteiger partial charge >= 0.3 is 0 Å². The van der Waals surface area contributed by atoms with Crippen molar-refractivity contribution >= 4 is 17.0 Å². The minimum absolute atomic E-state index is 0.141. The SMILES string of the molecule is CCCN(CCC)c1ccc(C(=c2ccc(=C(C#N)C#N)cc2)N(CC)CC)cc1. The average molecular weight is 401 g/mol. The normalized spacial score (nSPS) is 10.1. The number of rotatable bonds is 9. The topological polar surface area (TPSA) is 54.1 Å². The molecule has 0 fully saturated rings. The van der Waals surface area contributed by atoms with Crippen LogP contribution in [0.5, 0.6) is 0 Å². The summed E-state index contributed by atoms with van der Waals surface area (Å²) in [7, 11) is 0. The molecule has 2 aromatic rings. The number of nitriles is 2. The van der Waals surface area contributed by atoms with Crippen LogP contribution < -0.4 is 15.3 Å². The molecule has 0 saturated heterocycles. The number of hydrogen-bond donors (Lipinski definition) is 0. The van der Waals surface area contributed by atoms with Crippen molar-refractivity contribution in [2.45, 2.75) is 40.5 Å². The molecule has 0 N–H and O–H groups in total. The van der Waals surface area contributed by atoms with Gasteiger partial charge in [-0.15, -0.1) is 0 Å². The Morgan fingerprint density at radius 1 is 0.733 bits per heavy atom. The van der Waals surface area contributed by atoms with Crippen LogP contribution >= 0.6 is 0 Å². The first-order valence-corrected chi connectivity index (χ1v) is 10.9. The highest BCUT2D eigenvalue weighted by molar-refractivity contribution is 5.72. The maximum absolute atomic E-state index is 9.12. The van der Waals surface area contributed by atoms with Crippen molar-refractivity contribution in [1.82, 2.24) is 4.90 Å². The second kappa shape index (κ2) is 11.7. The Hall–Kier alpha value is -3.24. The predicted octanol–water partition coefficient (Wildman–Crippen LogP) is 4.01. The van der Waals surface area contributed by atoms with Gasteiger partial charge < -0.3 is 9.80 Å². The third-order valence-corrected chi connectivity index (χ3v) is 5.24. The highest BCUT2D eigenvalue weighted by atomic mass is 15.1. The van der Waals surface area contributed by atoms with Crippen LogP contribution in [-0.4, -0.2) is 31.1 Å². The summed E-state index contributed by atoms with van der Waals surface area (Å²) in [6.07, 6.45) is 2.27. The molecule has 0 aliphatic carbocycles. The summed E-state index contributed by atoms with van der Waals surface area (Å²) in [5, 5.41) is 20.0. The molecule has 2 rings (SSSR count). The Bertz CT molecular complexity index is 973. The maximum Gasteiger partial charge on any atom is 0.136 e. The summed E-state index contributed by atoms with van der Waals surface area (Å²) in [6, 6.07) is 20.5. The fourth-order valence-electron chi connectivity index (χ4n) is 3.76. The first-order chi connectivity index (χ1) is 14.6. The van der Waals surface area contributed by atoms with Gasteiger partial charge in [-0.05, 0) is 49.6 Å².